The Morgan fingerprint density at radius 2 is 1.80 bits per heavy atom. The summed E-state index contributed by atoms with van der Waals surface area (Å²) < 4.78 is 4.87. The van der Waals surface area contributed by atoms with Crippen molar-refractivity contribution in [2.24, 2.45) is 5.73 Å². The van der Waals surface area contributed by atoms with Crippen LogP contribution in [-0.4, -0.2) is 23.9 Å². The van der Waals surface area contributed by atoms with Gasteiger partial charge in [0, 0.05) is 10.6 Å². The zero-order valence-electron chi connectivity index (χ0n) is 7.64. The van der Waals surface area contributed by atoms with Crippen LogP contribution in [0.2, 0.25) is 5.02 Å². The van der Waals surface area contributed by atoms with Gasteiger partial charge in [0.1, 0.15) is 0 Å². The molecule has 1 aromatic rings. The Morgan fingerprint density at radius 1 is 1.20 bits per heavy atom. The molecule has 2 rings (SSSR count). The number of benzene rings is 1. The molecule has 15 heavy (non-hydrogen) atoms. The highest BCUT2D eigenvalue weighted by atomic mass is 35.5. The minimum Gasteiger partial charge on any atom is -0.367 e. The van der Waals surface area contributed by atoms with Crippen LogP contribution in [0.15, 0.2) is 24.3 Å². The van der Waals surface area contributed by atoms with Crippen molar-refractivity contribution in [3.8, 4) is 0 Å². The second-order valence-corrected chi connectivity index (χ2v) is 3.69. The highest BCUT2D eigenvalue weighted by Gasteiger charge is 2.49. The highest BCUT2D eigenvalue weighted by Crippen LogP contribution is 2.26. The molecule has 5 heteroatoms. The van der Waals surface area contributed by atoms with Crippen molar-refractivity contribution >= 4 is 23.3 Å². The van der Waals surface area contributed by atoms with Crippen LogP contribution in [-0.2, 0) is 9.53 Å². The standard InChI is InChI=1S/C10H8ClNO3/c11-6-3-1-5(2-4-6)7(13)8-9(15-8)10(12)14/h1-4,8-9H,(H2,12,14)/t8-,9+/m0/s1. The lowest BCUT2D eigenvalue weighted by atomic mass is 10.1. The third-order valence-corrected chi connectivity index (χ3v) is 2.41. The van der Waals surface area contributed by atoms with Gasteiger partial charge in [-0.2, -0.15) is 0 Å². The largest absolute Gasteiger partial charge is 0.367 e. The molecule has 0 aromatic heterocycles. The van der Waals surface area contributed by atoms with Gasteiger partial charge in [-0.25, -0.2) is 0 Å². The number of rotatable bonds is 3. The minimum atomic E-state index is -0.770. The maximum Gasteiger partial charge on any atom is 0.249 e. The summed E-state index contributed by atoms with van der Waals surface area (Å²) in [6.45, 7) is 0. The molecular weight excluding hydrogens is 218 g/mol. The van der Waals surface area contributed by atoms with Crippen LogP contribution >= 0.6 is 11.6 Å². The second-order valence-electron chi connectivity index (χ2n) is 3.25. The van der Waals surface area contributed by atoms with E-state index in [0.717, 1.165) is 0 Å². The van der Waals surface area contributed by atoms with Crippen LogP contribution in [0.4, 0.5) is 0 Å². The van der Waals surface area contributed by atoms with Crippen molar-refractivity contribution in [2.75, 3.05) is 0 Å². The SMILES string of the molecule is NC(=O)[C@@H]1O[C@H]1C(=O)c1ccc(Cl)cc1. The summed E-state index contributed by atoms with van der Waals surface area (Å²) >= 11 is 5.67. The summed E-state index contributed by atoms with van der Waals surface area (Å²) in [6.07, 6.45) is -1.49. The fourth-order valence-electron chi connectivity index (χ4n) is 1.31. The van der Waals surface area contributed by atoms with E-state index < -0.39 is 18.1 Å². The number of Topliss-reactive ketones (excluding diaryl/α,β-unsaturated/α-hetero) is 1. The molecule has 0 radical (unpaired) electrons. The van der Waals surface area contributed by atoms with Crippen LogP contribution in [0.3, 0.4) is 0 Å². The Bertz CT molecular complexity index is 415. The minimum absolute atomic E-state index is 0.240. The second kappa shape index (κ2) is 3.64. The Balaban J connectivity index is 2.10. The number of nitrogens with two attached hydrogens (primary N) is 1. The van der Waals surface area contributed by atoms with Crippen molar-refractivity contribution < 1.29 is 14.3 Å². The lowest BCUT2D eigenvalue weighted by Gasteiger charge is -1.96. The number of hydrogen-bond donors (Lipinski definition) is 1. The van der Waals surface area contributed by atoms with E-state index in [1.807, 2.05) is 0 Å². The summed E-state index contributed by atoms with van der Waals surface area (Å²) in [6, 6.07) is 6.39. The number of halogens is 1. The van der Waals surface area contributed by atoms with Gasteiger partial charge in [-0.1, -0.05) is 11.6 Å². The monoisotopic (exact) mass is 225 g/mol. The average molecular weight is 226 g/mol. The first-order valence-electron chi connectivity index (χ1n) is 4.34. The van der Waals surface area contributed by atoms with Crippen LogP contribution in [0.25, 0.3) is 0 Å². The quantitative estimate of drug-likeness (QED) is 0.610. The van der Waals surface area contributed by atoms with E-state index in [4.69, 9.17) is 22.1 Å². The molecule has 1 aliphatic rings. The predicted octanol–water partition coefficient (Wildman–Crippen LogP) is 0.775. The van der Waals surface area contributed by atoms with Gasteiger partial charge >= 0.3 is 0 Å². The van der Waals surface area contributed by atoms with Gasteiger partial charge in [0.25, 0.3) is 0 Å². The van der Waals surface area contributed by atoms with Gasteiger partial charge in [-0.05, 0) is 24.3 Å². The van der Waals surface area contributed by atoms with Crippen LogP contribution in [0.1, 0.15) is 10.4 Å². The molecule has 2 N–H and O–H groups in total. The van der Waals surface area contributed by atoms with E-state index in [9.17, 15) is 9.59 Å². The predicted molar refractivity (Wildman–Crippen MR) is 53.6 cm³/mol. The third-order valence-electron chi connectivity index (χ3n) is 2.16. The van der Waals surface area contributed by atoms with Crippen LogP contribution in [0.5, 0.6) is 0 Å². The molecule has 1 saturated heterocycles. The van der Waals surface area contributed by atoms with Gasteiger partial charge in [-0.3, -0.25) is 9.59 Å². The van der Waals surface area contributed by atoms with E-state index in [1.54, 1.807) is 24.3 Å². The average Bonchev–Trinajstić information content (AvgIpc) is 2.97. The maximum atomic E-state index is 11.7. The molecule has 1 aromatic carbocycles. The normalized spacial score (nSPS) is 23.5. The number of ketones is 1. The number of ether oxygens (including phenoxy) is 1. The number of hydrogen-bond acceptors (Lipinski definition) is 3. The fourth-order valence-corrected chi connectivity index (χ4v) is 1.43. The molecule has 1 aliphatic heterocycles. The molecule has 0 saturated carbocycles. The van der Waals surface area contributed by atoms with Crippen molar-refractivity contribution in [3.63, 3.8) is 0 Å². The summed E-state index contributed by atoms with van der Waals surface area (Å²) in [5.74, 6) is -0.849. The zero-order valence-corrected chi connectivity index (χ0v) is 8.40. The molecule has 0 spiro atoms. The third kappa shape index (κ3) is 2.00. The lowest BCUT2D eigenvalue weighted by molar-refractivity contribution is -0.119. The molecule has 0 aliphatic carbocycles. The summed E-state index contributed by atoms with van der Waals surface area (Å²) in [7, 11) is 0. The number of primary amides is 1. The zero-order chi connectivity index (χ0) is 11.0. The molecule has 1 amide bonds. The van der Waals surface area contributed by atoms with Gasteiger partial charge in [0.15, 0.2) is 18.0 Å². The summed E-state index contributed by atoms with van der Waals surface area (Å²) in [4.78, 5) is 22.3. The summed E-state index contributed by atoms with van der Waals surface area (Å²) in [5.41, 5.74) is 5.46. The van der Waals surface area contributed by atoms with Gasteiger partial charge in [0.05, 0.1) is 0 Å². The van der Waals surface area contributed by atoms with Gasteiger partial charge in [-0.15, -0.1) is 0 Å². The van der Waals surface area contributed by atoms with E-state index in [2.05, 4.69) is 0 Å². The van der Waals surface area contributed by atoms with E-state index in [-0.39, 0.29) is 5.78 Å². The fraction of sp³-hybridized carbons (Fsp3) is 0.200. The molecule has 78 valence electrons. The first kappa shape index (κ1) is 10.1. The number of amides is 1. The Labute approximate surface area is 91.0 Å². The molecule has 0 bridgehead atoms. The number of carbonyl (C=O) groups excluding carboxylic acids is 2. The van der Waals surface area contributed by atoms with Crippen molar-refractivity contribution in [3.05, 3.63) is 34.9 Å². The van der Waals surface area contributed by atoms with Crippen LogP contribution in [0, 0.1) is 0 Å². The summed E-state index contributed by atoms with van der Waals surface area (Å²) in [5, 5.41) is 0.551. The lowest BCUT2D eigenvalue weighted by Crippen LogP contribution is -2.23. The molecule has 4 nitrogen and oxygen atoms in total. The van der Waals surface area contributed by atoms with Crippen LogP contribution < -0.4 is 5.73 Å². The molecule has 2 atom stereocenters. The van der Waals surface area contributed by atoms with E-state index in [1.165, 1.54) is 0 Å². The van der Waals surface area contributed by atoms with E-state index in [0.29, 0.717) is 10.6 Å². The smallest absolute Gasteiger partial charge is 0.249 e. The Morgan fingerprint density at radius 3 is 2.27 bits per heavy atom. The first-order valence-corrected chi connectivity index (χ1v) is 4.72. The van der Waals surface area contributed by atoms with Crippen molar-refractivity contribution in [1.29, 1.82) is 0 Å². The first-order chi connectivity index (χ1) is 7.09. The van der Waals surface area contributed by atoms with Crippen molar-refractivity contribution in [2.45, 2.75) is 12.2 Å². The molecular formula is C10H8ClNO3. The number of carbonyl (C=O) groups is 2. The topological polar surface area (TPSA) is 72.7 Å². The van der Waals surface area contributed by atoms with Gasteiger partial charge < -0.3 is 10.5 Å². The molecule has 0 unspecified atom stereocenters. The maximum absolute atomic E-state index is 11.7. The molecule has 1 fully saturated rings. The van der Waals surface area contributed by atoms with Crippen molar-refractivity contribution in [1.82, 2.24) is 0 Å². The highest BCUT2D eigenvalue weighted by molar-refractivity contribution is 6.30. The van der Waals surface area contributed by atoms with E-state index >= 15 is 0 Å². The Kier molecular flexibility index (Phi) is 2.46. The Hall–Kier alpha value is -1.39. The molecule has 1 heterocycles. The van der Waals surface area contributed by atoms with Gasteiger partial charge in [0.2, 0.25) is 5.91 Å². The number of epoxide rings is 1.